The summed E-state index contributed by atoms with van der Waals surface area (Å²) in [5, 5.41) is 0. The summed E-state index contributed by atoms with van der Waals surface area (Å²) in [6.45, 7) is 5.78. The SMILES string of the molecule is CCC(=O)N1CCC(C(C)N)CC1. The Kier molecular flexibility index (Phi) is 3.72. The summed E-state index contributed by atoms with van der Waals surface area (Å²) in [5.74, 6) is 0.893. The van der Waals surface area contributed by atoms with E-state index in [1.165, 1.54) is 0 Å². The Balaban J connectivity index is 2.34. The summed E-state index contributed by atoms with van der Waals surface area (Å²) in [5.41, 5.74) is 5.82. The molecule has 0 saturated carbocycles. The summed E-state index contributed by atoms with van der Waals surface area (Å²) in [6, 6.07) is 0.277. The molecule has 0 aromatic rings. The van der Waals surface area contributed by atoms with Crippen molar-refractivity contribution in [2.75, 3.05) is 13.1 Å². The van der Waals surface area contributed by atoms with Crippen LogP contribution >= 0.6 is 0 Å². The fourth-order valence-electron chi connectivity index (χ4n) is 1.90. The number of carbonyl (C=O) groups excluding carboxylic acids is 1. The average molecular weight is 184 g/mol. The van der Waals surface area contributed by atoms with Gasteiger partial charge in [-0.1, -0.05) is 6.92 Å². The molecule has 76 valence electrons. The van der Waals surface area contributed by atoms with Crippen LogP contribution < -0.4 is 5.73 Å². The Morgan fingerprint density at radius 1 is 1.54 bits per heavy atom. The van der Waals surface area contributed by atoms with Crippen LogP contribution in [0.4, 0.5) is 0 Å². The van der Waals surface area contributed by atoms with Gasteiger partial charge in [0, 0.05) is 25.6 Å². The normalized spacial score (nSPS) is 21.6. The van der Waals surface area contributed by atoms with Crippen LogP contribution in [0.3, 0.4) is 0 Å². The Morgan fingerprint density at radius 3 is 2.46 bits per heavy atom. The van der Waals surface area contributed by atoms with Crippen molar-refractivity contribution in [3.05, 3.63) is 0 Å². The van der Waals surface area contributed by atoms with Crippen molar-refractivity contribution in [3.8, 4) is 0 Å². The molecule has 0 aromatic heterocycles. The zero-order valence-electron chi connectivity index (χ0n) is 8.62. The van der Waals surface area contributed by atoms with Gasteiger partial charge in [0.25, 0.3) is 0 Å². The van der Waals surface area contributed by atoms with Crippen LogP contribution in [0, 0.1) is 5.92 Å². The van der Waals surface area contributed by atoms with Gasteiger partial charge >= 0.3 is 0 Å². The molecule has 3 heteroatoms. The van der Waals surface area contributed by atoms with Crippen molar-refractivity contribution in [1.82, 2.24) is 4.90 Å². The molecule has 2 N–H and O–H groups in total. The monoisotopic (exact) mass is 184 g/mol. The minimum Gasteiger partial charge on any atom is -0.343 e. The van der Waals surface area contributed by atoms with Gasteiger partial charge in [-0.2, -0.15) is 0 Å². The van der Waals surface area contributed by atoms with Gasteiger partial charge in [0.2, 0.25) is 5.91 Å². The van der Waals surface area contributed by atoms with E-state index in [-0.39, 0.29) is 11.9 Å². The first-order valence-corrected chi connectivity index (χ1v) is 5.18. The van der Waals surface area contributed by atoms with Gasteiger partial charge in [0.15, 0.2) is 0 Å². The summed E-state index contributed by atoms with van der Waals surface area (Å²) < 4.78 is 0. The molecule has 1 aliphatic heterocycles. The minimum atomic E-state index is 0.277. The number of carbonyl (C=O) groups is 1. The second-order valence-corrected chi connectivity index (χ2v) is 3.93. The van der Waals surface area contributed by atoms with Crippen molar-refractivity contribution in [2.45, 2.75) is 39.2 Å². The van der Waals surface area contributed by atoms with E-state index >= 15 is 0 Å². The largest absolute Gasteiger partial charge is 0.343 e. The highest BCUT2D eigenvalue weighted by Gasteiger charge is 2.23. The molecular weight excluding hydrogens is 164 g/mol. The van der Waals surface area contributed by atoms with Crippen LogP contribution in [0.2, 0.25) is 0 Å². The maximum atomic E-state index is 11.3. The molecule has 13 heavy (non-hydrogen) atoms. The van der Waals surface area contributed by atoms with Crippen molar-refractivity contribution >= 4 is 5.91 Å². The van der Waals surface area contributed by atoms with Crippen molar-refractivity contribution < 1.29 is 4.79 Å². The summed E-state index contributed by atoms with van der Waals surface area (Å²) in [6.07, 6.45) is 2.77. The molecule has 0 radical (unpaired) electrons. The highest BCUT2D eigenvalue weighted by Crippen LogP contribution is 2.19. The van der Waals surface area contributed by atoms with Gasteiger partial charge in [-0.3, -0.25) is 4.79 Å². The van der Waals surface area contributed by atoms with Gasteiger partial charge in [-0.25, -0.2) is 0 Å². The molecule has 1 fully saturated rings. The standard InChI is InChI=1S/C10H20N2O/c1-3-10(13)12-6-4-9(5-7-12)8(2)11/h8-9H,3-7,11H2,1-2H3. The van der Waals surface area contributed by atoms with Crippen LogP contribution in [0.1, 0.15) is 33.1 Å². The van der Waals surface area contributed by atoms with E-state index < -0.39 is 0 Å². The Hall–Kier alpha value is -0.570. The van der Waals surface area contributed by atoms with Crippen LogP contribution in [0.15, 0.2) is 0 Å². The summed E-state index contributed by atoms with van der Waals surface area (Å²) in [4.78, 5) is 13.3. The van der Waals surface area contributed by atoms with Crippen LogP contribution in [0.25, 0.3) is 0 Å². The van der Waals surface area contributed by atoms with Crippen LogP contribution in [-0.2, 0) is 4.79 Å². The van der Waals surface area contributed by atoms with Gasteiger partial charge in [-0.05, 0) is 25.7 Å². The number of rotatable bonds is 2. The second kappa shape index (κ2) is 4.61. The predicted octanol–water partition coefficient (Wildman–Crippen LogP) is 0.982. The topological polar surface area (TPSA) is 46.3 Å². The number of hydrogen-bond donors (Lipinski definition) is 1. The molecule has 1 rings (SSSR count). The van der Waals surface area contributed by atoms with Crippen molar-refractivity contribution in [2.24, 2.45) is 11.7 Å². The van der Waals surface area contributed by atoms with E-state index in [0.717, 1.165) is 25.9 Å². The van der Waals surface area contributed by atoms with Gasteiger partial charge in [0.05, 0.1) is 0 Å². The number of nitrogens with zero attached hydrogens (tertiary/aromatic N) is 1. The minimum absolute atomic E-state index is 0.277. The molecule has 1 atom stereocenters. The molecule has 1 unspecified atom stereocenters. The maximum Gasteiger partial charge on any atom is 0.222 e. The molecule has 0 aromatic carbocycles. The quantitative estimate of drug-likeness (QED) is 0.695. The van der Waals surface area contributed by atoms with E-state index in [4.69, 9.17) is 5.73 Å². The highest BCUT2D eigenvalue weighted by atomic mass is 16.2. The molecule has 0 bridgehead atoms. The van der Waals surface area contributed by atoms with Gasteiger partial charge < -0.3 is 10.6 Å². The first kappa shape index (κ1) is 10.5. The fourth-order valence-corrected chi connectivity index (χ4v) is 1.90. The molecule has 1 saturated heterocycles. The van der Waals surface area contributed by atoms with E-state index in [1.54, 1.807) is 0 Å². The summed E-state index contributed by atoms with van der Waals surface area (Å²) in [7, 11) is 0. The lowest BCUT2D eigenvalue weighted by Crippen LogP contribution is -2.42. The Labute approximate surface area is 80.3 Å². The zero-order chi connectivity index (χ0) is 9.84. The number of piperidine rings is 1. The van der Waals surface area contributed by atoms with Gasteiger partial charge in [0.1, 0.15) is 0 Å². The van der Waals surface area contributed by atoms with Crippen LogP contribution in [-0.4, -0.2) is 29.9 Å². The molecule has 0 aliphatic carbocycles. The molecule has 1 amide bonds. The maximum absolute atomic E-state index is 11.3. The van der Waals surface area contributed by atoms with Crippen molar-refractivity contribution in [1.29, 1.82) is 0 Å². The number of nitrogens with two attached hydrogens (primary N) is 1. The molecule has 1 heterocycles. The van der Waals surface area contributed by atoms with E-state index in [0.29, 0.717) is 12.3 Å². The average Bonchev–Trinajstić information content (AvgIpc) is 2.17. The van der Waals surface area contributed by atoms with E-state index in [1.807, 2.05) is 11.8 Å². The van der Waals surface area contributed by atoms with Crippen LogP contribution in [0.5, 0.6) is 0 Å². The van der Waals surface area contributed by atoms with E-state index in [9.17, 15) is 4.79 Å². The van der Waals surface area contributed by atoms with E-state index in [2.05, 4.69) is 6.92 Å². The third kappa shape index (κ3) is 2.69. The van der Waals surface area contributed by atoms with Crippen molar-refractivity contribution in [3.63, 3.8) is 0 Å². The molecule has 0 spiro atoms. The highest BCUT2D eigenvalue weighted by molar-refractivity contribution is 5.75. The Bertz CT molecular complexity index is 172. The Morgan fingerprint density at radius 2 is 2.08 bits per heavy atom. The smallest absolute Gasteiger partial charge is 0.222 e. The lowest BCUT2D eigenvalue weighted by molar-refractivity contribution is -0.132. The molecule has 1 aliphatic rings. The molecule has 3 nitrogen and oxygen atoms in total. The summed E-state index contributed by atoms with van der Waals surface area (Å²) >= 11 is 0. The second-order valence-electron chi connectivity index (χ2n) is 3.93. The predicted molar refractivity (Wildman–Crippen MR) is 53.2 cm³/mol. The number of amides is 1. The first-order valence-electron chi connectivity index (χ1n) is 5.18. The van der Waals surface area contributed by atoms with Gasteiger partial charge in [-0.15, -0.1) is 0 Å². The third-order valence-electron chi connectivity index (χ3n) is 2.94. The third-order valence-corrected chi connectivity index (χ3v) is 2.94. The lowest BCUT2D eigenvalue weighted by atomic mass is 9.91. The number of hydrogen-bond acceptors (Lipinski definition) is 2. The number of likely N-dealkylation sites (tertiary alicyclic amines) is 1. The lowest BCUT2D eigenvalue weighted by Gasteiger charge is -2.33. The first-order chi connectivity index (χ1) is 6.15. The molecular formula is C10H20N2O. The zero-order valence-corrected chi connectivity index (χ0v) is 8.62. The fraction of sp³-hybridized carbons (Fsp3) is 0.900.